The van der Waals surface area contributed by atoms with Crippen molar-refractivity contribution in [3.8, 4) is 28.8 Å². The van der Waals surface area contributed by atoms with Gasteiger partial charge in [0.25, 0.3) is 8.53 Å². The fourth-order valence-corrected chi connectivity index (χ4v) is 12.5. The topological polar surface area (TPSA) is 148 Å². The van der Waals surface area contributed by atoms with Gasteiger partial charge in [0.1, 0.15) is 52.9 Å². The van der Waals surface area contributed by atoms with Crippen LogP contribution in [0.3, 0.4) is 0 Å². The number of aromatic nitrogens is 4. The number of benzene rings is 4. The van der Waals surface area contributed by atoms with Crippen molar-refractivity contribution in [3.63, 3.8) is 0 Å². The minimum absolute atomic E-state index is 0.0334. The lowest BCUT2D eigenvalue weighted by Gasteiger charge is -2.42. The second-order valence-corrected chi connectivity index (χ2v) is 26.7. The van der Waals surface area contributed by atoms with Gasteiger partial charge in [-0.3, -0.25) is 4.57 Å². The van der Waals surface area contributed by atoms with Crippen molar-refractivity contribution in [3.05, 3.63) is 132 Å². The zero-order valence-electron chi connectivity index (χ0n) is 44.2. The van der Waals surface area contributed by atoms with Crippen LogP contribution in [0.5, 0.6) is 11.5 Å². The zero-order chi connectivity index (χ0) is 51.9. The van der Waals surface area contributed by atoms with Crippen LogP contribution in [0.2, 0.25) is 18.1 Å². The molecule has 2 aliphatic rings. The summed E-state index contributed by atoms with van der Waals surface area (Å²) in [5.41, 5.74) is 5.43. The molecule has 2 aliphatic heterocycles. The van der Waals surface area contributed by atoms with E-state index in [1.807, 2.05) is 71.3 Å². The van der Waals surface area contributed by atoms with Gasteiger partial charge in [0, 0.05) is 36.4 Å². The molecule has 6 aromatic rings. The minimum Gasteiger partial charge on any atom is -0.497 e. The molecular weight excluding hydrogens is 958 g/mol. The molecule has 0 radical (unpaired) electrons. The summed E-state index contributed by atoms with van der Waals surface area (Å²) in [4.78, 5) is 17.1. The number of morpholine rings is 1. The molecule has 8 rings (SSSR count). The number of anilines is 1. The van der Waals surface area contributed by atoms with Crippen LogP contribution in [0, 0.1) is 11.3 Å². The highest BCUT2D eigenvalue weighted by Gasteiger charge is 2.54. The molecule has 388 valence electrons. The van der Waals surface area contributed by atoms with Crippen molar-refractivity contribution in [1.82, 2.24) is 24.2 Å². The molecule has 0 amide bonds. The van der Waals surface area contributed by atoms with Crippen LogP contribution >= 0.6 is 8.53 Å². The van der Waals surface area contributed by atoms with Crippen LogP contribution in [0.15, 0.2) is 116 Å². The molecule has 0 spiro atoms. The smallest absolute Gasteiger partial charge is 0.259 e. The Morgan fingerprint density at radius 3 is 2.03 bits per heavy atom. The average Bonchev–Trinajstić information content (AvgIpc) is 3.97. The van der Waals surface area contributed by atoms with E-state index in [2.05, 4.69) is 114 Å². The van der Waals surface area contributed by atoms with E-state index in [0.29, 0.717) is 30.1 Å². The van der Waals surface area contributed by atoms with Gasteiger partial charge >= 0.3 is 0 Å². The maximum Gasteiger partial charge on any atom is 0.259 e. The van der Waals surface area contributed by atoms with Gasteiger partial charge in [-0.2, -0.15) is 5.26 Å². The summed E-state index contributed by atoms with van der Waals surface area (Å²) in [6.45, 7) is 22.9. The third kappa shape index (κ3) is 11.7. The van der Waals surface area contributed by atoms with Crippen molar-refractivity contribution in [2.75, 3.05) is 58.6 Å². The number of imidazole rings is 1. The molecule has 0 aliphatic carbocycles. The van der Waals surface area contributed by atoms with Crippen LogP contribution in [-0.4, -0.2) is 117 Å². The van der Waals surface area contributed by atoms with Gasteiger partial charge in [0.05, 0.1) is 59.5 Å². The Hall–Kier alpha value is -5.31. The van der Waals surface area contributed by atoms with Crippen LogP contribution in [0.1, 0.15) is 77.8 Å². The number of methoxy groups -OCH3 is 2. The first-order valence-corrected chi connectivity index (χ1v) is 29.3. The van der Waals surface area contributed by atoms with Gasteiger partial charge in [-0.15, -0.1) is 0 Å². The molecule has 0 N–H and O–H groups in total. The number of hydrogen-bond acceptors (Lipinski definition) is 14. The Balaban J connectivity index is 1.29. The third-order valence-corrected chi connectivity index (χ3v) is 20.8. The Morgan fingerprint density at radius 1 is 0.808 bits per heavy atom. The molecule has 0 saturated carbocycles. The van der Waals surface area contributed by atoms with Gasteiger partial charge < -0.3 is 42.1 Å². The predicted molar refractivity (Wildman–Crippen MR) is 288 cm³/mol. The molecular formula is C56H72N7O8PSi. The van der Waals surface area contributed by atoms with Gasteiger partial charge in [-0.25, -0.2) is 19.6 Å². The standard InChI is InChI=1S/C56H72N7O8PSi/c1-39(2)63(40(3)4)72(68-32-16-29-57)70-51-48(36-67-56(42-18-13-12-14-19-42,43-21-25-46(64-8)26-22-43)44-23-27-47(65-9)28-24-44)69-54(52(51)71-73(10,11)55(5,6)7)62-38-60-50-49(58-37-59-53(50)62)41-17-15-20-45(35-41)61-30-33-66-34-31-61/h12-15,17-28,35,37-40,48,51-52,54H,16,30-34,36H2,1-11H3/t48-,51-,52-,54-,72?/m1/s1. The number of rotatable bonds is 21. The molecule has 1 unspecified atom stereocenters. The predicted octanol–water partition coefficient (Wildman–Crippen LogP) is 11.3. The van der Waals surface area contributed by atoms with E-state index < -0.39 is 47.0 Å². The van der Waals surface area contributed by atoms with E-state index in [9.17, 15) is 5.26 Å². The molecule has 17 heteroatoms. The average molecular weight is 1030 g/mol. The number of hydrogen-bond donors (Lipinski definition) is 0. The lowest BCUT2D eigenvalue weighted by molar-refractivity contribution is -0.0926. The first kappa shape index (κ1) is 54.0. The number of nitriles is 1. The summed E-state index contributed by atoms with van der Waals surface area (Å²) in [6, 6.07) is 36.9. The van der Waals surface area contributed by atoms with E-state index in [4.69, 9.17) is 52.1 Å². The molecule has 2 aromatic heterocycles. The fourth-order valence-electron chi connectivity index (χ4n) is 9.44. The minimum atomic E-state index is -2.63. The monoisotopic (exact) mass is 1030 g/mol. The van der Waals surface area contributed by atoms with Crippen LogP contribution in [0.25, 0.3) is 22.4 Å². The molecule has 4 aromatic carbocycles. The van der Waals surface area contributed by atoms with Gasteiger partial charge in [-0.05, 0) is 98.9 Å². The van der Waals surface area contributed by atoms with Crippen molar-refractivity contribution in [2.45, 2.75) is 115 Å². The van der Waals surface area contributed by atoms with E-state index in [1.54, 1.807) is 26.9 Å². The third-order valence-electron chi connectivity index (χ3n) is 14.2. The summed E-state index contributed by atoms with van der Waals surface area (Å²) in [5, 5.41) is 9.52. The molecule has 15 nitrogen and oxygen atoms in total. The van der Waals surface area contributed by atoms with Gasteiger partial charge in [0.15, 0.2) is 20.2 Å². The molecule has 2 saturated heterocycles. The maximum atomic E-state index is 9.72. The van der Waals surface area contributed by atoms with Gasteiger partial charge in [0.2, 0.25) is 0 Å². The largest absolute Gasteiger partial charge is 0.497 e. The second-order valence-electron chi connectivity index (χ2n) is 20.5. The molecule has 0 bridgehead atoms. The molecule has 5 atom stereocenters. The van der Waals surface area contributed by atoms with Gasteiger partial charge in [-0.1, -0.05) is 87.5 Å². The summed E-state index contributed by atoms with van der Waals surface area (Å²) in [7, 11) is -1.10. The highest BCUT2D eigenvalue weighted by Crippen LogP contribution is 2.53. The van der Waals surface area contributed by atoms with Crippen molar-refractivity contribution < 1.29 is 37.2 Å². The summed E-state index contributed by atoms with van der Waals surface area (Å²) in [5.74, 6) is 1.44. The zero-order valence-corrected chi connectivity index (χ0v) is 46.1. The summed E-state index contributed by atoms with van der Waals surface area (Å²) in [6.07, 6.45) is 0.545. The summed E-state index contributed by atoms with van der Waals surface area (Å²) >= 11 is 0. The lowest BCUT2D eigenvalue weighted by atomic mass is 9.80. The lowest BCUT2D eigenvalue weighted by Crippen LogP contribution is -2.50. The molecule has 2 fully saturated rings. The Morgan fingerprint density at radius 2 is 1.44 bits per heavy atom. The number of fused-ring (bicyclic) bond motifs is 1. The second kappa shape index (κ2) is 23.5. The number of nitrogens with zero attached hydrogens (tertiary/aromatic N) is 7. The van der Waals surface area contributed by atoms with E-state index in [-0.39, 0.29) is 36.8 Å². The number of ether oxygens (including phenoxy) is 5. The first-order chi connectivity index (χ1) is 35.1. The quantitative estimate of drug-likeness (QED) is 0.0291. The Kier molecular flexibility index (Phi) is 17.4. The SMILES string of the molecule is COc1ccc(C(OC[C@H]2O[C@@H](n3cnc4c(-c5cccc(N6CCOCC6)c5)ncnc43)[C@H](O[Si](C)(C)C(C)(C)C)[C@@H]2OP(OCCC#N)N(C(C)C)C(C)C)(c2ccccc2)c2ccc(OC)cc2)cc1. The summed E-state index contributed by atoms with van der Waals surface area (Å²) < 4.78 is 58.1. The fraction of sp³-hybridized carbons (Fsp3) is 0.464. The molecule has 4 heterocycles. The highest BCUT2D eigenvalue weighted by atomic mass is 31.2. The van der Waals surface area contributed by atoms with E-state index >= 15 is 0 Å². The van der Waals surface area contributed by atoms with Crippen molar-refractivity contribution in [2.24, 2.45) is 0 Å². The normalized spacial score (nSPS) is 19.2. The highest BCUT2D eigenvalue weighted by molar-refractivity contribution is 7.44. The van der Waals surface area contributed by atoms with E-state index in [1.165, 1.54) is 0 Å². The van der Waals surface area contributed by atoms with E-state index in [0.717, 1.165) is 52.5 Å². The van der Waals surface area contributed by atoms with Crippen LogP contribution in [-0.2, 0) is 33.3 Å². The van der Waals surface area contributed by atoms with Crippen LogP contribution < -0.4 is 14.4 Å². The Bertz CT molecular complexity index is 2710. The molecule has 73 heavy (non-hydrogen) atoms. The maximum absolute atomic E-state index is 9.72. The van der Waals surface area contributed by atoms with Crippen LogP contribution in [0.4, 0.5) is 5.69 Å². The van der Waals surface area contributed by atoms with Crippen molar-refractivity contribution >= 4 is 33.7 Å². The van der Waals surface area contributed by atoms with Crippen molar-refractivity contribution in [1.29, 1.82) is 5.26 Å². The Labute approximate surface area is 433 Å². The first-order valence-electron chi connectivity index (χ1n) is 25.3.